The quantitative estimate of drug-likeness (QED) is 0.744. The predicted molar refractivity (Wildman–Crippen MR) is 69.8 cm³/mol. The SMILES string of the molecule is CCn1ncnc1CNC(C)C(=O)NCC(C)C. The standard InChI is InChI=1S/C12H23N5O/c1-5-17-11(15-8-16-17)7-13-10(4)12(18)14-6-9(2)3/h8-10,13H,5-7H2,1-4H3,(H,14,18). The van der Waals surface area contributed by atoms with Gasteiger partial charge >= 0.3 is 0 Å². The van der Waals surface area contributed by atoms with Crippen molar-refractivity contribution in [1.82, 2.24) is 25.4 Å². The molecule has 102 valence electrons. The van der Waals surface area contributed by atoms with Crippen molar-refractivity contribution < 1.29 is 4.79 Å². The van der Waals surface area contributed by atoms with E-state index in [-0.39, 0.29) is 11.9 Å². The van der Waals surface area contributed by atoms with Gasteiger partial charge in [-0.15, -0.1) is 0 Å². The van der Waals surface area contributed by atoms with Crippen LogP contribution >= 0.6 is 0 Å². The summed E-state index contributed by atoms with van der Waals surface area (Å²) in [5, 5.41) is 10.1. The summed E-state index contributed by atoms with van der Waals surface area (Å²) in [5.74, 6) is 1.33. The van der Waals surface area contributed by atoms with Crippen LogP contribution in [-0.2, 0) is 17.9 Å². The molecule has 1 rings (SSSR count). The monoisotopic (exact) mass is 253 g/mol. The van der Waals surface area contributed by atoms with Gasteiger partial charge in [-0.25, -0.2) is 9.67 Å². The number of carbonyl (C=O) groups excluding carboxylic acids is 1. The fourth-order valence-electron chi connectivity index (χ4n) is 1.48. The number of hydrogen-bond donors (Lipinski definition) is 2. The van der Waals surface area contributed by atoms with Gasteiger partial charge in [0.1, 0.15) is 12.2 Å². The Morgan fingerprint density at radius 2 is 2.17 bits per heavy atom. The molecule has 1 amide bonds. The molecule has 0 aliphatic carbocycles. The Bertz CT molecular complexity index is 374. The van der Waals surface area contributed by atoms with Crippen molar-refractivity contribution >= 4 is 5.91 Å². The van der Waals surface area contributed by atoms with E-state index in [4.69, 9.17) is 0 Å². The molecule has 0 spiro atoms. The van der Waals surface area contributed by atoms with Crippen LogP contribution in [0.15, 0.2) is 6.33 Å². The number of aromatic nitrogens is 3. The summed E-state index contributed by atoms with van der Waals surface area (Å²) in [7, 11) is 0. The maximum atomic E-state index is 11.7. The second-order valence-corrected chi connectivity index (χ2v) is 4.73. The number of amides is 1. The Hall–Kier alpha value is -1.43. The van der Waals surface area contributed by atoms with Crippen molar-refractivity contribution in [3.05, 3.63) is 12.2 Å². The van der Waals surface area contributed by atoms with Crippen LogP contribution in [0.2, 0.25) is 0 Å². The zero-order valence-electron chi connectivity index (χ0n) is 11.6. The molecule has 18 heavy (non-hydrogen) atoms. The average Bonchev–Trinajstić information content (AvgIpc) is 2.80. The van der Waals surface area contributed by atoms with Gasteiger partial charge < -0.3 is 5.32 Å². The number of rotatable bonds is 7. The Balaban J connectivity index is 2.36. The molecule has 0 aliphatic heterocycles. The van der Waals surface area contributed by atoms with Crippen LogP contribution in [0.3, 0.4) is 0 Å². The summed E-state index contributed by atoms with van der Waals surface area (Å²) in [6.45, 7) is 10.0. The highest BCUT2D eigenvalue weighted by atomic mass is 16.2. The maximum Gasteiger partial charge on any atom is 0.236 e. The van der Waals surface area contributed by atoms with Crippen molar-refractivity contribution in [3.8, 4) is 0 Å². The normalized spacial score (nSPS) is 12.7. The lowest BCUT2D eigenvalue weighted by Crippen LogP contribution is -2.43. The minimum Gasteiger partial charge on any atom is -0.354 e. The molecule has 1 aromatic heterocycles. The van der Waals surface area contributed by atoms with E-state index in [1.54, 1.807) is 0 Å². The zero-order chi connectivity index (χ0) is 13.5. The lowest BCUT2D eigenvalue weighted by atomic mass is 10.2. The van der Waals surface area contributed by atoms with Gasteiger partial charge in [0, 0.05) is 13.1 Å². The van der Waals surface area contributed by atoms with Crippen LogP contribution in [0.25, 0.3) is 0 Å². The number of carbonyl (C=O) groups is 1. The highest BCUT2D eigenvalue weighted by molar-refractivity contribution is 5.81. The van der Waals surface area contributed by atoms with Gasteiger partial charge in [-0.1, -0.05) is 13.8 Å². The molecule has 1 heterocycles. The van der Waals surface area contributed by atoms with Gasteiger partial charge in [-0.3, -0.25) is 10.1 Å². The van der Waals surface area contributed by atoms with Crippen LogP contribution in [-0.4, -0.2) is 33.3 Å². The lowest BCUT2D eigenvalue weighted by Gasteiger charge is -2.15. The third-order valence-electron chi connectivity index (χ3n) is 2.64. The van der Waals surface area contributed by atoms with Crippen molar-refractivity contribution in [3.63, 3.8) is 0 Å². The number of nitrogens with one attached hydrogen (secondary N) is 2. The van der Waals surface area contributed by atoms with Crippen LogP contribution in [0.4, 0.5) is 0 Å². The first-order valence-electron chi connectivity index (χ1n) is 6.42. The third-order valence-corrected chi connectivity index (χ3v) is 2.64. The van der Waals surface area contributed by atoms with Crippen LogP contribution in [0, 0.1) is 5.92 Å². The van der Waals surface area contributed by atoms with Crippen LogP contribution < -0.4 is 10.6 Å². The number of hydrogen-bond acceptors (Lipinski definition) is 4. The molecule has 0 radical (unpaired) electrons. The first-order chi connectivity index (χ1) is 8.54. The first kappa shape index (κ1) is 14.6. The molecule has 0 aromatic carbocycles. The summed E-state index contributed by atoms with van der Waals surface area (Å²) in [5.41, 5.74) is 0. The zero-order valence-corrected chi connectivity index (χ0v) is 11.6. The van der Waals surface area contributed by atoms with Gasteiger partial charge in [-0.05, 0) is 19.8 Å². The molecule has 0 bridgehead atoms. The highest BCUT2D eigenvalue weighted by Crippen LogP contribution is 1.95. The van der Waals surface area contributed by atoms with Crippen molar-refractivity contribution in [2.75, 3.05) is 6.54 Å². The minimum absolute atomic E-state index is 0.0197. The van der Waals surface area contributed by atoms with E-state index in [9.17, 15) is 4.79 Å². The Morgan fingerprint density at radius 3 is 2.78 bits per heavy atom. The second kappa shape index (κ2) is 7.10. The van der Waals surface area contributed by atoms with Gasteiger partial charge in [0.15, 0.2) is 0 Å². The largest absolute Gasteiger partial charge is 0.354 e. The molecule has 1 aromatic rings. The molecule has 0 fully saturated rings. The Labute approximate surface area is 108 Å². The molecule has 0 aliphatic rings. The molecule has 6 nitrogen and oxygen atoms in total. The summed E-state index contributed by atoms with van der Waals surface area (Å²) < 4.78 is 1.81. The van der Waals surface area contributed by atoms with Crippen molar-refractivity contribution in [1.29, 1.82) is 0 Å². The van der Waals surface area contributed by atoms with Gasteiger partial charge in [0.2, 0.25) is 5.91 Å². The molecule has 2 N–H and O–H groups in total. The van der Waals surface area contributed by atoms with Gasteiger partial charge in [0.25, 0.3) is 0 Å². The molecular formula is C12H23N5O. The topological polar surface area (TPSA) is 71.8 Å². The van der Waals surface area contributed by atoms with Crippen molar-refractivity contribution in [2.24, 2.45) is 5.92 Å². The molecule has 1 unspecified atom stereocenters. The van der Waals surface area contributed by atoms with Crippen LogP contribution in [0.1, 0.15) is 33.5 Å². The molecule has 0 saturated carbocycles. The summed E-state index contributed by atoms with van der Waals surface area (Å²) in [6, 6.07) is -0.231. The average molecular weight is 253 g/mol. The van der Waals surface area contributed by atoms with E-state index in [1.807, 2.05) is 18.5 Å². The van der Waals surface area contributed by atoms with Gasteiger partial charge in [-0.2, -0.15) is 5.10 Å². The highest BCUT2D eigenvalue weighted by Gasteiger charge is 2.13. The maximum absolute atomic E-state index is 11.7. The lowest BCUT2D eigenvalue weighted by molar-refractivity contribution is -0.122. The molecule has 0 saturated heterocycles. The van der Waals surface area contributed by atoms with Crippen LogP contribution in [0.5, 0.6) is 0 Å². The second-order valence-electron chi connectivity index (χ2n) is 4.73. The minimum atomic E-state index is -0.231. The predicted octanol–water partition coefficient (Wildman–Crippen LogP) is 0.548. The molecule has 1 atom stereocenters. The summed E-state index contributed by atoms with van der Waals surface area (Å²) in [6.07, 6.45) is 1.53. The van der Waals surface area contributed by atoms with E-state index in [1.165, 1.54) is 6.33 Å². The molecular weight excluding hydrogens is 230 g/mol. The number of aryl methyl sites for hydroxylation is 1. The molecule has 6 heteroatoms. The summed E-state index contributed by atoms with van der Waals surface area (Å²) >= 11 is 0. The smallest absolute Gasteiger partial charge is 0.236 e. The van der Waals surface area contributed by atoms with Gasteiger partial charge in [0.05, 0.1) is 12.6 Å². The van der Waals surface area contributed by atoms with E-state index >= 15 is 0 Å². The van der Waals surface area contributed by atoms with Crippen molar-refractivity contribution in [2.45, 2.75) is 46.8 Å². The van der Waals surface area contributed by atoms with E-state index in [0.29, 0.717) is 19.0 Å². The summed E-state index contributed by atoms with van der Waals surface area (Å²) in [4.78, 5) is 15.9. The van der Waals surface area contributed by atoms with E-state index in [0.717, 1.165) is 12.4 Å². The first-order valence-corrected chi connectivity index (χ1v) is 6.42. The Kier molecular flexibility index (Phi) is 5.77. The van der Waals surface area contributed by atoms with E-state index < -0.39 is 0 Å². The third kappa shape index (κ3) is 4.44. The number of nitrogens with zero attached hydrogens (tertiary/aromatic N) is 3. The Morgan fingerprint density at radius 1 is 1.44 bits per heavy atom. The van der Waals surface area contributed by atoms with E-state index in [2.05, 4.69) is 34.6 Å². The fourth-order valence-corrected chi connectivity index (χ4v) is 1.48. The fraction of sp³-hybridized carbons (Fsp3) is 0.750.